The predicted molar refractivity (Wildman–Crippen MR) is 139 cm³/mol. The summed E-state index contributed by atoms with van der Waals surface area (Å²) < 4.78 is 29.0. The number of rotatable bonds is 7. The number of aromatic nitrogens is 2. The monoisotopic (exact) mass is 504 g/mol. The van der Waals surface area contributed by atoms with Gasteiger partial charge in [-0.25, -0.2) is 17.8 Å². The fraction of sp³-hybridized carbons (Fsp3) is 0.115. The number of para-hydroxylation sites is 2. The van der Waals surface area contributed by atoms with Gasteiger partial charge in [-0.05, 0) is 60.9 Å². The van der Waals surface area contributed by atoms with Crippen LogP contribution in [0.25, 0.3) is 5.69 Å². The van der Waals surface area contributed by atoms with Crippen molar-refractivity contribution in [2.75, 3.05) is 4.72 Å². The molecule has 0 aliphatic carbocycles. The number of nitrogens with one attached hydrogen (secondary N) is 2. The van der Waals surface area contributed by atoms with Gasteiger partial charge in [0.15, 0.2) is 0 Å². The zero-order chi connectivity index (χ0) is 25.9. The minimum atomic E-state index is -3.82. The number of sulfonamides is 1. The zero-order valence-electron chi connectivity index (χ0n) is 19.6. The minimum absolute atomic E-state index is 0.0371. The van der Waals surface area contributed by atoms with Crippen LogP contribution in [0, 0.1) is 6.92 Å². The molecule has 0 atom stereocenters. The average Bonchev–Trinajstić information content (AvgIpc) is 2.85. The summed E-state index contributed by atoms with van der Waals surface area (Å²) in [5.41, 5.74) is 1.09. The predicted octanol–water partition coefficient (Wildman–Crippen LogP) is 3.65. The second kappa shape index (κ2) is 10.0. The molecule has 0 radical (unpaired) electrons. The summed E-state index contributed by atoms with van der Waals surface area (Å²) in [5, 5.41) is 10.8. The molecule has 0 amide bonds. The number of hydrogen-bond acceptors (Lipinski definition) is 6. The molecule has 0 aliphatic rings. The highest BCUT2D eigenvalue weighted by molar-refractivity contribution is 7.92. The lowest BCUT2D eigenvalue weighted by atomic mass is 10.1. The summed E-state index contributed by atoms with van der Waals surface area (Å²) >= 11 is 0. The Balaban J connectivity index is 1.64. The number of nitrogens with zero attached hydrogens (tertiary/aromatic N) is 2. The van der Waals surface area contributed by atoms with Crippen molar-refractivity contribution in [2.24, 2.45) is 4.99 Å². The van der Waals surface area contributed by atoms with Crippen LogP contribution in [0.5, 0.6) is 5.88 Å². The van der Waals surface area contributed by atoms with Crippen molar-refractivity contribution in [2.45, 2.75) is 25.2 Å². The Hall–Kier alpha value is -4.44. The smallest absolute Gasteiger partial charge is 0.335 e. The first-order valence-electron chi connectivity index (χ1n) is 11.1. The summed E-state index contributed by atoms with van der Waals surface area (Å²) in [6.45, 7) is 3.71. The Morgan fingerprint density at radius 2 is 1.67 bits per heavy atom. The molecule has 1 heterocycles. The maximum absolute atomic E-state index is 12.7. The summed E-state index contributed by atoms with van der Waals surface area (Å²) in [7, 11) is -3.82. The second-order valence-electron chi connectivity index (χ2n) is 7.99. The van der Waals surface area contributed by atoms with Crippen LogP contribution >= 0.6 is 0 Å². The SMILES string of the molecule is CCc1ccccc1-n1c(O)c(C=Nc2ccc(S(=O)(=O)Nc3ccccc3C)cc2)c(=O)[nH]c1=O. The zero-order valence-corrected chi connectivity index (χ0v) is 20.4. The van der Waals surface area contributed by atoms with E-state index in [2.05, 4.69) is 14.7 Å². The first kappa shape index (κ1) is 24.7. The molecule has 4 aromatic rings. The fourth-order valence-electron chi connectivity index (χ4n) is 3.65. The van der Waals surface area contributed by atoms with E-state index >= 15 is 0 Å². The molecule has 0 bridgehead atoms. The summed E-state index contributed by atoms with van der Waals surface area (Å²) in [4.78, 5) is 31.3. The van der Waals surface area contributed by atoms with E-state index < -0.39 is 27.2 Å². The topological polar surface area (TPSA) is 134 Å². The summed E-state index contributed by atoms with van der Waals surface area (Å²) in [5.74, 6) is -0.546. The Labute approximate surface area is 207 Å². The van der Waals surface area contributed by atoms with Crippen LogP contribution in [0.2, 0.25) is 0 Å². The normalized spacial score (nSPS) is 11.6. The first-order valence-corrected chi connectivity index (χ1v) is 12.6. The van der Waals surface area contributed by atoms with Crippen molar-refractivity contribution in [1.82, 2.24) is 9.55 Å². The molecule has 36 heavy (non-hydrogen) atoms. The number of H-pyrrole nitrogens is 1. The fourth-order valence-corrected chi connectivity index (χ4v) is 4.78. The van der Waals surface area contributed by atoms with E-state index in [0.29, 0.717) is 23.5 Å². The van der Waals surface area contributed by atoms with E-state index in [1.165, 1.54) is 24.3 Å². The number of aliphatic imine (C=N–C) groups is 1. The van der Waals surface area contributed by atoms with Crippen LogP contribution in [-0.2, 0) is 16.4 Å². The number of aromatic hydroxyl groups is 1. The molecule has 3 N–H and O–H groups in total. The molecular formula is C26H24N4O5S. The molecule has 0 spiro atoms. The van der Waals surface area contributed by atoms with Gasteiger partial charge in [0.05, 0.1) is 22.0 Å². The first-order chi connectivity index (χ1) is 17.2. The molecule has 1 aromatic heterocycles. The second-order valence-corrected chi connectivity index (χ2v) is 9.67. The van der Waals surface area contributed by atoms with E-state index in [0.717, 1.165) is 21.9 Å². The lowest BCUT2D eigenvalue weighted by molar-refractivity contribution is 0.429. The van der Waals surface area contributed by atoms with Crippen LogP contribution in [0.1, 0.15) is 23.6 Å². The maximum atomic E-state index is 12.7. The van der Waals surface area contributed by atoms with Gasteiger partial charge in [-0.3, -0.25) is 19.5 Å². The largest absolute Gasteiger partial charge is 0.493 e. The van der Waals surface area contributed by atoms with Crippen molar-refractivity contribution in [3.05, 3.63) is 110 Å². The third-order valence-electron chi connectivity index (χ3n) is 5.61. The van der Waals surface area contributed by atoms with Crippen molar-refractivity contribution in [1.29, 1.82) is 0 Å². The molecule has 0 saturated carbocycles. The highest BCUT2D eigenvalue weighted by atomic mass is 32.2. The highest BCUT2D eigenvalue weighted by Crippen LogP contribution is 2.23. The van der Waals surface area contributed by atoms with Gasteiger partial charge in [0.1, 0.15) is 5.56 Å². The number of aryl methyl sites for hydroxylation is 2. The van der Waals surface area contributed by atoms with Gasteiger partial charge < -0.3 is 5.11 Å². The number of aromatic amines is 1. The van der Waals surface area contributed by atoms with Crippen molar-refractivity contribution in [3.63, 3.8) is 0 Å². The molecule has 0 aliphatic heterocycles. The summed E-state index contributed by atoms with van der Waals surface area (Å²) in [6.07, 6.45) is 1.74. The van der Waals surface area contributed by atoms with Gasteiger partial charge in [0.2, 0.25) is 5.88 Å². The van der Waals surface area contributed by atoms with E-state index in [1.807, 2.05) is 25.1 Å². The quantitative estimate of drug-likeness (QED) is 0.330. The highest BCUT2D eigenvalue weighted by Gasteiger charge is 2.17. The Morgan fingerprint density at radius 3 is 2.36 bits per heavy atom. The standard InChI is InChI=1S/C26H24N4O5S/c1-3-18-9-5-7-11-23(18)30-25(32)21(24(31)28-26(30)33)16-27-19-12-14-20(15-13-19)36(34,35)29-22-10-6-4-8-17(22)2/h4-16,29,32H,3H2,1-2H3,(H,28,31,33). The molecule has 3 aromatic carbocycles. The van der Waals surface area contributed by atoms with Crippen LogP contribution in [0.4, 0.5) is 11.4 Å². The average molecular weight is 505 g/mol. The molecular weight excluding hydrogens is 480 g/mol. The van der Waals surface area contributed by atoms with E-state index in [9.17, 15) is 23.1 Å². The molecule has 9 nitrogen and oxygen atoms in total. The number of anilines is 1. The number of hydrogen-bond donors (Lipinski definition) is 3. The van der Waals surface area contributed by atoms with Crippen LogP contribution in [0.15, 0.2) is 92.3 Å². The van der Waals surface area contributed by atoms with E-state index in [-0.39, 0.29) is 10.5 Å². The molecule has 0 saturated heterocycles. The molecule has 184 valence electrons. The lowest BCUT2D eigenvalue weighted by Gasteiger charge is -2.13. The summed E-state index contributed by atoms with van der Waals surface area (Å²) in [6, 6.07) is 19.8. The number of benzene rings is 3. The van der Waals surface area contributed by atoms with Crippen LogP contribution in [-0.4, -0.2) is 29.3 Å². The third-order valence-corrected chi connectivity index (χ3v) is 6.99. The lowest BCUT2D eigenvalue weighted by Crippen LogP contribution is -2.31. The van der Waals surface area contributed by atoms with Crippen molar-refractivity contribution in [3.8, 4) is 11.6 Å². The van der Waals surface area contributed by atoms with Gasteiger partial charge in [-0.15, -0.1) is 0 Å². The van der Waals surface area contributed by atoms with E-state index in [4.69, 9.17) is 0 Å². The van der Waals surface area contributed by atoms with Gasteiger partial charge in [0.25, 0.3) is 15.6 Å². The molecule has 0 fully saturated rings. The van der Waals surface area contributed by atoms with Crippen LogP contribution < -0.4 is 16.0 Å². The third kappa shape index (κ3) is 4.98. The van der Waals surface area contributed by atoms with Gasteiger partial charge >= 0.3 is 5.69 Å². The van der Waals surface area contributed by atoms with Crippen molar-refractivity contribution >= 4 is 27.6 Å². The maximum Gasteiger partial charge on any atom is 0.335 e. The van der Waals surface area contributed by atoms with Crippen LogP contribution in [0.3, 0.4) is 0 Å². The Bertz CT molecular complexity index is 1670. The molecule has 4 rings (SSSR count). The van der Waals surface area contributed by atoms with Gasteiger partial charge in [0, 0.05) is 6.21 Å². The van der Waals surface area contributed by atoms with E-state index in [1.54, 1.807) is 37.3 Å². The molecule has 0 unspecified atom stereocenters. The Morgan fingerprint density at radius 1 is 1.00 bits per heavy atom. The van der Waals surface area contributed by atoms with Gasteiger partial charge in [-0.2, -0.15) is 0 Å². The van der Waals surface area contributed by atoms with Crippen molar-refractivity contribution < 1.29 is 13.5 Å². The molecule has 10 heteroatoms. The minimum Gasteiger partial charge on any atom is -0.493 e. The Kier molecular flexibility index (Phi) is 6.89. The van der Waals surface area contributed by atoms with Gasteiger partial charge in [-0.1, -0.05) is 43.3 Å².